The van der Waals surface area contributed by atoms with Crippen molar-refractivity contribution in [3.63, 3.8) is 0 Å². The smallest absolute Gasteiger partial charge is 0.246 e. The second-order valence-electron chi connectivity index (χ2n) is 7.71. The molecule has 2 aromatic rings. The molecule has 2 aromatic carbocycles. The number of carbonyl (C=O) groups is 1. The second-order valence-corrected chi connectivity index (χ2v) is 7.71. The zero-order valence-corrected chi connectivity index (χ0v) is 20.8. The number of nitrogens with one attached hydrogen (secondary N) is 3. The van der Waals surface area contributed by atoms with Gasteiger partial charge in [-0.15, -0.1) is 24.0 Å². The van der Waals surface area contributed by atoms with Crippen molar-refractivity contribution in [2.75, 3.05) is 31.5 Å². The molecule has 0 saturated carbocycles. The number of piperidine rings is 1. The van der Waals surface area contributed by atoms with E-state index in [1.165, 1.54) is 30.3 Å². The lowest BCUT2D eigenvalue weighted by molar-refractivity contribution is -0.114. The fraction of sp³-hybridized carbons (Fsp3) is 0.391. The zero-order chi connectivity index (χ0) is 22.9. The Morgan fingerprint density at radius 2 is 1.88 bits per heavy atom. The molecule has 1 aliphatic rings. The molecule has 180 valence electrons. The molecule has 10 heteroatoms. The number of hydrogen-bond donors (Lipinski definition) is 4. The third kappa shape index (κ3) is 8.43. The van der Waals surface area contributed by atoms with E-state index in [1.54, 1.807) is 12.1 Å². The predicted octanol–water partition coefficient (Wildman–Crippen LogP) is 3.45. The lowest BCUT2D eigenvalue weighted by Gasteiger charge is -2.34. The summed E-state index contributed by atoms with van der Waals surface area (Å²) in [5.41, 5.74) is 0.656. The van der Waals surface area contributed by atoms with Crippen LogP contribution in [0.15, 0.2) is 47.5 Å². The number of likely N-dealkylation sites (tertiary alicyclic amines) is 1. The van der Waals surface area contributed by atoms with Crippen LogP contribution in [0, 0.1) is 11.6 Å². The summed E-state index contributed by atoms with van der Waals surface area (Å²) in [6.45, 7) is 4.06. The van der Waals surface area contributed by atoms with E-state index in [9.17, 15) is 18.7 Å². The fourth-order valence-corrected chi connectivity index (χ4v) is 3.63. The van der Waals surface area contributed by atoms with Gasteiger partial charge >= 0.3 is 0 Å². The van der Waals surface area contributed by atoms with Crippen molar-refractivity contribution in [1.82, 2.24) is 15.5 Å². The first kappa shape index (κ1) is 26.8. The molecule has 0 aliphatic carbocycles. The number of phenolic OH excluding ortho intramolecular Hbond substituents is 1. The molecule has 1 atom stereocenters. The Labute approximate surface area is 209 Å². The zero-order valence-electron chi connectivity index (χ0n) is 18.5. The van der Waals surface area contributed by atoms with E-state index in [-0.39, 0.29) is 60.3 Å². The third-order valence-electron chi connectivity index (χ3n) is 5.17. The highest BCUT2D eigenvalue weighted by Crippen LogP contribution is 2.18. The maximum Gasteiger partial charge on any atom is 0.246 e. The first-order valence-corrected chi connectivity index (χ1v) is 10.7. The minimum Gasteiger partial charge on any atom is -0.508 e. The Balaban J connectivity index is 0.00000385. The quantitative estimate of drug-likeness (QED) is 0.177. The van der Waals surface area contributed by atoms with Crippen LogP contribution < -0.4 is 16.0 Å². The van der Waals surface area contributed by atoms with Crippen LogP contribution in [-0.2, 0) is 11.3 Å². The van der Waals surface area contributed by atoms with Gasteiger partial charge < -0.3 is 21.1 Å². The van der Waals surface area contributed by atoms with E-state index in [0.717, 1.165) is 19.4 Å². The number of carbonyl (C=O) groups excluding carboxylic acids is 1. The van der Waals surface area contributed by atoms with E-state index in [0.29, 0.717) is 24.7 Å². The number of hydrogen-bond acceptors (Lipinski definition) is 4. The van der Waals surface area contributed by atoms with Crippen molar-refractivity contribution in [3.8, 4) is 5.75 Å². The Bertz CT molecular complexity index is 923. The van der Waals surface area contributed by atoms with Gasteiger partial charge in [0.05, 0.1) is 0 Å². The van der Waals surface area contributed by atoms with Crippen molar-refractivity contribution in [1.29, 1.82) is 0 Å². The molecule has 33 heavy (non-hydrogen) atoms. The fourth-order valence-electron chi connectivity index (χ4n) is 3.63. The van der Waals surface area contributed by atoms with Crippen LogP contribution in [0.25, 0.3) is 0 Å². The highest BCUT2D eigenvalue weighted by molar-refractivity contribution is 14.0. The van der Waals surface area contributed by atoms with Crippen LogP contribution in [0.5, 0.6) is 5.75 Å². The molecule has 3 rings (SSSR count). The van der Waals surface area contributed by atoms with Crippen LogP contribution in [0.3, 0.4) is 0 Å². The molecule has 1 fully saturated rings. The summed E-state index contributed by atoms with van der Waals surface area (Å²) in [5, 5.41) is 18.5. The lowest BCUT2D eigenvalue weighted by atomic mass is 10.0. The van der Waals surface area contributed by atoms with Gasteiger partial charge in [-0.05, 0) is 62.7 Å². The molecule has 0 aromatic heterocycles. The Hall–Kier alpha value is -2.47. The number of halogens is 3. The molecule has 1 amide bonds. The number of aliphatic imine (C=N–C) groups is 1. The van der Waals surface area contributed by atoms with Crippen LogP contribution in [-0.4, -0.2) is 54.1 Å². The van der Waals surface area contributed by atoms with Crippen molar-refractivity contribution in [2.24, 2.45) is 4.99 Å². The predicted molar refractivity (Wildman–Crippen MR) is 136 cm³/mol. The van der Waals surface area contributed by atoms with E-state index in [2.05, 4.69) is 20.9 Å². The van der Waals surface area contributed by atoms with Crippen molar-refractivity contribution in [3.05, 3.63) is 59.7 Å². The van der Waals surface area contributed by atoms with E-state index in [1.807, 2.05) is 11.8 Å². The van der Waals surface area contributed by atoms with Crippen LogP contribution >= 0.6 is 24.0 Å². The summed E-state index contributed by atoms with van der Waals surface area (Å²) in [6, 6.07) is 10.2. The molecule has 4 N–H and O–H groups in total. The summed E-state index contributed by atoms with van der Waals surface area (Å²) in [4.78, 5) is 18.6. The summed E-state index contributed by atoms with van der Waals surface area (Å²) in [6.07, 6.45) is 1.77. The number of anilines is 1. The van der Waals surface area contributed by atoms with Gasteiger partial charge in [0.1, 0.15) is 23.9 Å². The molecule has 1 unspecified atom stereocenters. The Morgan fingerprint density at radius 1 is 1.18 bits per heavy atom. The highest BCUT2D eigenvalue weighted by Gasteiger charge is 2.23. The van der Waals surface area contributed by atoms with E-state index in [4.69, 9.17) is 0 Å². The van der Waals surface area contributed by atoms with Crippen molar-refractivity contribution in [2.45, 2.75) is 32.4 Å². The number of benzene rings is 2. The number of rotatable bonds is 7. The lowest BCUT2D eigenvalue weighted by Crippen LogP contribution is -2.51. The van der Waals surface area contributed by atoms with Gasteiger partial charge in [-0.1, -0.05) is 6.07 Å². The standard InChI is InChI=1S/C23H29F2N5O2.HI/c1-2-26-23(27-13-22(32)28-16-8-10-18(31)11-9-16)29-17-5-4-12-30(14-17)15-19-20(24)6-3-7-21(19)25;/h3,6-11,17,31H,2,4-5,12-15H2,1H3,(H,28,32)(H2,26,27,29);1H. The average molecular weight is 573 g/mol. The van der Waals surface area contributed by atoms with Crippen LogP contribution in [0.2, 0.25) is 0 Å². The van der Waals surface area contributed by atoms with Crippen LogP contribution in [0.1, 0.15) is 25.3 Å². The summed E-state index contributed by atoms with van der Waals surface area (Å²) in [5.74, 6) is -0.714. The molecule has 1 heterocycles. The second kappa shape index (κ2) is 13.3. The van der Waals surface area contributed by atoms with Gasteiger partial charge in [0.25, 0.3) is 0 Å². The van der Waals surface area contributed by atoms with Gasteiger partial charge in [0.2, 0.25) is 5.91 Å². The van der Waals surface area contributed by atoms with Gasteiger partial charge in [-0.3, -0.25) is 9.69 Å². The number of guanidine groups is 1. The number of phenols is 1. The summed E-state index contributed by atoms with van der Waals surface area (Å²) in [7, 11) is 0. The Kier molecular flexibility index (Phi) is 10.8. The van der Waals surface area contributed by atoms with Gasteiger partial charge in [0, 0.05) is 36.9 Å². The number of amides is 1. The molecule has 0 bridgehead atoms. The topological polar surface area (TPSA) is 89.0 Å². The van der Waals surface area contributed by atoms with Gasteiger partial charge in [0.15, 0.2) is 5.96 Å². The van der Waals surface area contributed by atoms with E-state index >= 15 is 0 Å². The van der Waals surface area contributed by atoms with Crippen LogP contribution in [0.4, 0.5) is 14.5 Å². The molecule has 0 radical (unpaired) electrons. The molecule has 1 aliphatic heterocycles. The first-order valence-electron chi connectivity index (χ1n) is 10.7. The first-order chi connectivity index (χ1) is 15.4. The Morgan fingerprint density at radius 3 is 2.55 bits per heavy atom. The molecule has 7 nitrogen and oxygen atoms in total. The maximum absolute atomic E-state index is 14.0. The van der Waals surface area contributed by atoms with Gasteiger partial charge in [-0.2, -0.15) is 0 Å². The monoisotopic (exact) mass is 573 g/mol. The van der Waals surface area contributed by atoms with Crippen molar-refractivity contribution >= 4 is 41.5 Å². The summed E-state index contributed by atoms with van der Waals surface area (Å²) < 4.78 is 28.0. The maximum atomic E-state index is 14.0. The van der Waals surface area contributed by atoms with E-state index < -0.39 is 11.6 Å². The minimum atomic E-state index is -0.533. The molecule has 1 saturated heterocycles. The third-order valence-corrected chi connectivity index (χ3v) is 5.17. The molecule has 0 spiro atoms. The van der Waals surface area contributed by atoms with Crippen molar-refractivity contribution < 1.29 is 18.7 Å². The number of aromatic hydroxyl groups is 1. The van der Waals surface area contributed by atoms with Gasteiger partial charge in [-0.25, -0.2) is 13.8 Å². The minimum absolute atomic E-state index is 0. The summed E-state index contributed by atoms with van der Waals surface area (Å²) >= 11 is 0. The largest absolute Gasteiger partial charge is 0.508 e. The molecular formula is C23H30F2IN5O2. The SMILES string of the molecule is CCNC(=NCC(=O)Nc1ccc(O)cc1)NC1CCCN(Cc2c(F)cccc2F)C1.I. The number of nitrogens with zero attached hydrogens (tertiary/aromatic N) is 2. The highest BCUT2D eigenvalue weighted by atomic mass is 127. The normalized spacial score (nSPS) is 16.6. The molecular weight excluding hydrogens is 543 g/mol. The average Bonchev–Trinajstić information content (AvgIpc) is 2.77.